The van der Waals surface area contributed by atoms with Gasteiger partial charge in [-0.2, -0.15) is 0 Å². The Hall–Kier alpha value is -3.43. The van der Waals surface area contributed by atoms with Gasteiger partial charge >= 0.3 is 0 Å². The number of para-hydroxylation sites is 1. The van der Waals surface area contributed by atoms with Gasteiger partial charge in [-0.1, -0.05) is 66.2 Å². The number of anilines is 1. The number of halogens is 2. The van der Waals surface area contributed by atoms with Gasteiger partial charge in [0.25, 0.3) is 0 Å². The maximum Gasteiger partial charge on any atom is 0.244 e. The molecule has 10 heteroatoms. The van der Waals surface area contributed by atoms with Crippen LogP contribution < -0.4 is 9.62 Å². The summed E-state index contributed by atoms with van der Waals surface area (Å²) >= 11 is 6.00. The molecule has 190 valence electrons. The monoisotopic (exact) mass is 531 g/mol. The third-order valence-electron chi connectivity index (χ3n) is 5.58. The van der Waals surface area contributed by atoms with Crippen LogP contribution in [0.25, 0.3) is 0 Å². The molecule has 7 nitrogen and oxygen atoms in total. The second kappa shape index (κ2) is 12.0. The molecule has 2 amide bonds. The van der Waals surface area contributed by atoms with Gasteiger partial charge in [-0.25, -0.2) is 12.8 Å². The second-order valence-corrected chi connectivity index (χ2v) is 10.5. The second-order valence-electron chi connectivity index (χ2n) is 8.19. The molecule has 0 aliphatic heterocycles. The summed E-state index contributed by atoms with van der Waals surface area (Å²) < 4.78 is 40.4. The normalized spacial score (nSPS) is 12.0. The van der Waals surface area contributed by atoms with Crippen LogP contribution in [0.15, 0.2) is 78.9 Å². The van der Waals surface area contributed by atoms with E-state index in [2.05, 4.69) is 5.32 Å². The van der Waals surface area contributed by atoms with Crippen LogP contribution >= 0.6 is 11.6 Å². The van der Waals surface area contributed by atoms with Crippen molar-refractivity contribution in [1.82, 2.24) is 10.2 Å². The van der Waals surface area contributed by atoms with E-state index in [1.165, 1.54) is 30.1 Å². The molecule has 0 aliphatic carbocycles. The van der Waals surface area contributed by atoms with E-state index in [4.69, 9.17) is 11.6 Å². The molecule has 3 rings (SSSR count). The average Bonchev–Trinajstić information content (AvgIpc) is 2.85. The standard InChI is InChI=1S/C26H27ClFN3O4S/c1-29-26(33)24(16-19-8-4-3-5-9-19)30(17-20-12-14-21(27)15-13-20)25(32)18-31(36(2,34)35)23-11-7-6-10-22(23)28/h3-15,24H,16-18H2,1-2H3,(H,29,33)/t24-/m1/s1. The number of carbonyl (C=O) groups is 2. The summed E-state index contributed by atoms with van der Waals surface area (Å²) in [5.74, 6) is -1.87. The van der Waals surface area contributed by atoms with Crippen LogP contribution in [0.2, 0.25) is 5.02 Å². The van der Waals surface area contributed by atoms with Crippen molar-refractivity contribution in [2.75, 3.05) is 24.2 Å². The molecule has 0 saturated carbocycles. The number of nitrogens with one attached hydrogen (secondary N) is 1. The lowest BCUT2D eigenvalue weighted by Crippen LogP contribution is -2.53. The number of rotatable bonds is 10. The molecule has 0 radical (unpaired) electrons. The molecule has 0 fully saturated rings. The van der Waals surface area contributed by atoms with Gasteiger partial charge in [0, 0.05) is 25.0 Å². The van der Waals surface area contributed by atoms with E-state index in [0.29, 0.717) is 14.9 Å². The Bertz CT molecular complexity index is 1300. The fourth-order valence-electron chi connectivity index (χ4n) is 3.76. The summed E-state index contributed by atoms with van der Waals surface area (Å²) in [6.07, 6.45) is 1.09. The molecule has 36 heavy (non-hydrogen) atoms. The minimum Gasteiger partial charge on any atom is -0.357 e. The molecule has 1 N–H and O–H groups in total. The maximum absolute atomic E-state index is 14.5. The summed E-state index contributed by atoms with van der Waals surface area (Å²) in [6, 6.07) is 20.3. The van der Waals surface area contributed by atoms with Crippen LogP contribution in [-0.4, -0.2) is 51.0 Å². The van der Waals surface area contributed by atoms with E-state index in [0.717, 1.165) is 17.9 Å². The van der Waals surface area contributed by atoms with Crippen molar-refractivity contribution >= 4 is 39.1 Å². The number of benzene rings is 3. The topological polar surface area (TPSA) is 86.8 Å². The van der Waals surface area contributed by atoms with Crippen LogP contribution in [0, 0.1) is 5.82 Å². The van der Waals surface area contributed by atoms with E-state index in [9.17, 15) is 22.4 Å². The molecule has 3 aromatic rings. The minimum absolute atomic E-state index is 0.00972. The lowest BCUT2D eigenvalue weighted by atomic mass is 10.0. The number of likely N-dealkylation sites (N-methyl/N-ethyl adjacent to an activating group) is 1. The Morgan fingerprint density at radius 1 is 0.944 bits per heavy atom. The summed E-state index contributed by atoms with van der Waals surface area (Å²) in [5.41, 5.74) is 1.25. The van der Waals surface area contributed by atoms with Crippen molar-refractivity contribution in [1.29, 1.82) is 0 Å². The molecule has 0 spiro atoms. The zero-order valence-corrected chi connectivity index (χ0v) is 21.5. The lowest BCUT2D eigenvalue weighted by Gasteiger charge is -2.33. The summed E-state index contributed by atoms with van der Waals surface area (Å²) in [5, 5.41) is 3.10. The highest BCUT2D eigenvalue weighted by Gasteiger charge is 2.33. The van der Waals surface area contributed by atoms with Crippen molar-refractivity contribution in [2.45, 2.75) is 19.0 Å². The van der Waals surface area contributed by atoms with Crippen molar-refractivity contribution in [3.63, 3.8) is 0 Å². The van der Waals surface area contributed by atoms with Crippen molar-refractivity contribution < 1.29 is 22.4 Å². The van der Waals surface area contributed by atoms with E-state index >= 15 is 0 Å². The third-order valence-corrected chi connectivity index (χ3v) is 6.96. The van der Waals surface area contributed by atoms with Crippen molar-refractivity contribution in [2.24, 2.45) is 0 Å². The first-order chi connectivity index (χ1) is 17.1. The molecule has 1 atom stereocenters. The first-order valence-electron chi connectivity index (χ1n) is 11.1. The zero-order chi connectivity index (χ0) is 26.3. The van der Waals surface area contributed by atoms with Crippen LogP contribution in [0.5, 0.6) is 0 Å². The van der Waals surface area contributed by atoms with E-state index in [1.54, 1.807) is 24.3 Å². The average molecular weight is 532 g/mol. The van der Waals surface area contributed by atoms with Gasteiger partial charge in [0.05, 0.1) is 11.9 Å². The predicted octanol–water partition coefficient (Wildman–Crippen LogP) is 3.63. The highest BCUT2D eigenvalue weighted by atomic mass is 35.5. The smallest absolute Gasteiger partial charge is 0.244 e. The number of nitrogens with zero attached hydrogens (tertiary/aromatic N) is 2. The zero-order valence-electron chi connectivity index (χ0n) is 19.9. The highest BCUT2D eigenvalue weighted by molar-refractivity contribution is 7.92. The van der Waals surface area contributed by atoms with Gasteiger partial charge < -0.3 is 10.2 Å². The number of hydrogen-bond acceptors (Lipinski definition) is 4. The van der Waals surface area contributed by atoms with Crippen molar-refractivity contribution in [3.05, 3.63) is 101 Å². The van der Waals surface area contributed by atoms with Gasteiger partial charge in [0.15, 0.2) is 0 Å². The molecule has 0 aromatic heterocycles. The van der Waals surface area contributed by atoms with Crippen LogP contribution in [0.4, 0.5) is 10.1 Å². The van der Waals surface area contributed by atoms with E-state index in [-0.39, 0.29) is 18.7 Å². The quantitative estimate of drug-likeness (QED) is 0.433. The number of amides is 2. The predicted molar refractivity (Wildman–Crippen MR) is 139 cm³/mol. The fourth-order valence-corrected chi connectivity index (χ4v) is 4.73. The molecule has 3 aromatic carbocycles. The number of carbonyl (C=O) groups excluding carboxylic acids is 2. The summed E-state index contributed by atoms with van der Waals surface area (Å²) in [7, 11) is -2.56. The third kappa shape index (κ3) is 7.05. The van der Waals surface area contributed by atoms with Gasteiger partial charge in [-0.3, -0.25) is 13.9 Å². The van der Waals surface area contributed by atoms with Crippen molar-refractivity contribution in [3.8, 4) is 0 Å². The molecule has 0 heterocycles. The Morgan fingerprint density at radius 3 is 2.14 bits per heavy atom. The first-order valence-corrected chi connectivity index (χ1v) is 13.3. The Labute approximate surface area is 215 Å². The number of sulfonamides is 1. The molecule has 0 unspecified atom stereocenters. The summed E-state index contributed by atoms with van der Waals surface area (Å²) in [6.45, 7) is -0.675. The SMILES string of the molecule is CNC(=O)[C@@H](Cc1ccccc1)N(Cc1ccc(Cl)cc1)C(=O)CN(c1ccccc1F)S(C)(=O)=O. The van der Waals surface area contributed by atoms with E-state index in [1.807, 2.05) is 30.3 Å². The number of hydrogen-bond donors (Lipinski definition) is 1. The van der Waals surface area contributed by atoms with Crippen LogP contribution in [-0.2, 0) is 32.6 Å². The first kappa shape index (κ1) is 27.2. The highest BCUT2D eigenvalue weighted by Crippen LogP contribution is 2.23. The van der Waals surface area contributed by atoms with Crippen LogP contribution in [0.3, 0.4) is 0 Å². The lowest BCUT2D eigenvalue weighted by molar-refractivity contribution is -0.139. The molecule has 0 saturated heterocycles. The Morgan fingerprint density at radius 2 is 1.56 bits per heavy atom. The van der Waals surface area contributed by atoms with Gasteiger partial charge in [0.2, 0.25) is 21.8 Å². The molecule has 0 bridgehead atoms. The molecule has 0 aliphatic rings. The minimum atomic E-state index is -4.03. The summed E-state index contributed by atoms with van der Waals surface area (Å²) in [4.78, 5) is 28.0. The molecular weight excluding hydrogens is 505 g/mol. The maximum atomic E-state index is 14.5. The van der Waals surface area contributed by atoms with E-state index < -0.39 is 40.2 Å². The largest absolute Gasteiger partial charge is 0.357 e. The molecular formula is C26H27ClFN3O4S. The van der Waals surface area contributed by atoms with Gasteiger partial charge in [0.1, 0.15) is 18.4 Å². The fraction of sp³-hybridized carbons (Fsp3) is 0.231. The van der Waals surface area contributed by atoms with Gasteiger partial charge in [-0.15, -0.1) is 0 Å². The van der Waals surface area contributed by atoms with Gasteiger partial charge in [-0.05, 0) is 35.4 Å². The Kier molecular flexibility index (Phi) is 9.06. The van der Waals surface area contributed by atoms with Crippen LogP contribution in [0.1, 0.15) is 11.1 Å². The Balaban J connectivity index is 2.03.